The van der Waals surface area contributed by atoms with Crippen LogP contribution in [0.5, 0.6) is 0 Å². The Hall–Kier alpha value is -1.36. The molecule has 0 aliphatic carbocycles. The zero-order valence-electron chi connectivity index (χ0n) is 8.30. The number of benzene rings is 1. The van der Waals surface area contributed by atoms with Gasteiger partial charge in [-0.05, 0) is 24.3 Å². The van der Waals surface area contributed by atoms with E-state index in [4.69, 9.17) is 0 Å². The van der Waals surface area contributed by atoms with Gasteiger partial charge in [-0.3, -0.25) is 4.79 Å². The Balaban J connectivity index is 2.21. The van der Waals surface area contributed by atoms with Gasteiger partial charge in [0, 0.05) is 11.9 Å². The summed E-state index contributed by atoms with van der Waals surface area (Å²) in [5.74, 6) is 0.210. The topological polar surface area (TPSA) is 54.5 Å². The van der Waals surface area contributed by atoms with Crippen LogP contribution in [0.25, 0.3) is 0 Å². The molecule has 5 heteroatoms. The summed E-state index contributed by atoms with van der Waals surface area (Å²) in [5, 5.41) is 0. The van der Waals surface area contributed by atoms with E-state index in [1.54, 1.807) is 24.3 Å². The van der Waals surface area contributed by atoms with Crippen LogP contribution in [0.1, 0.15) is 0 Å². The fourth-order valence-electron chi connectivity index (χ4n) is 1.47. The molecule has 0 amide bonds. The summed E-state index contributed by atoms with van der Waals surface area (Å²) in [5.41, 5.74) is 0.891. The van der Waals surface area contributed by atoms with Crippen LogP contribution in [0.3, 0.4) is 0 Å². The van der Waals surface area contributed by atoms with E-state index < -0.39 is 9.84 Å². The summed E-state index contributed by atoms with van der Waals surface area (Å²) in [6.45, 7) is 0.858. The molecule has 1 fully saturated rings. The Kier molecular flexibility index (Phi) is 2.26. The number of sulfone groups is 1. The number of anilines is 1. The maximum atomic E-state index is 11.2. The van der Waals surface area contributed by atoms with Crippen molar-refractivity contribution in [2.45, 2.75) is 4.90 Å². The zero-order chi connectivity index (χ0) is 11.1. The van der Waals surface area contributed by atoms with E-state index in [1.807, 2.05) is 4.90 Å². The van der Waals surface area contributed by atoms with Gasteiger partial charge in [0.15, 0.2) is 15.6 Å². The molecule has 0 saturated carbocycles. The van der Waals surface area contributed by atoms with Crippen LogP contribution in [0.2, 0.25) is 0 Å². The first-order valence-corrected chi connectivity index (χ1v) is 6.43. The van der Waals surface area contributed by atoms with Gasteiger partial charge in [0.05, 0.1) is 18.0 Å². The van der Waals surface area contributed by atoms with Gasteiger partial charge in [0.2, 0.25) is 0 Å². The highest BCUT2D eigenvalue weighted by molar-refractivity contribution is 7.90. The van der Waals surface area contributed by atoms with Gasteiger partial charge in [-0.15, -0.1) is 0 Å². The highest BCUT2D eigenvalue weighted by atomic mass is 32.2. The van der Waals surface area contributed by atoms with Crippen molar-refractivity contribution >= 4 is 21.3 Å². The quantitative estimate of drug-likeness (QED) is 0.734. The number of hydrogen-bond acceptors (Lipinski definition) is 4. The van der Waals surface area contributed by atoms with E-state index >= 15 is 0 Å². The summed E-state index contributed by atoms with van der Waals surface area (Å²) < 4.78 is 22.4. The highest BCUT2D eigenvalue weighted by Crippen LogP contribution is 2.20. The number of rotatable bonds is 2. The van der Waals surface area contributed by atoms with Gasteiger partial charge < -0.3 is 4.90 Å². The minimum absolute atomic E-state index is 0.210. The predicted molar refractivity (Wildman–Crippen MR) is 56.8 cm³/mol. The number of ketones is 1. The first-order valence-electron chi connectivity index (χ1n) is 4.53. The summed E-state index contributed by atoms with van der Waals surface area (Å²) in [7, 11) is -3.13. The van der Waals surface area contributed by atoms with Crippen molar-refractivity contribution in [3.8, 4) is 0 Å². The molecule has 0 aromatic heterocycles. The molecular weight excluding hydrogens is 214 g/mol. The second-order valence-electron chi connectivity index (χ2n) is 3.66. The zero-order valence-corrected chi connectivity index (χ0v) is 9.12. The number of hydrogen-bond donors (Lipinski definition) is 0. The predicted octanol–water partition coefficient (Wildman–Crippen LogP) is 0.479. The third kappa shape index (κ3) is 2.02. The van der Waals surface area contributed by atoms with E-state index in [-0.39, 0.29) is 5.78 Å². The average Bonchev–Trinajstić information content (AvgIpc) is 2.12. The Bertz CT molecular complexity index is 482. The second-order valence-corrected chi connectivity index (χ2v) is 5.68. The molecule has 0 N–H and O–H groups in total. The molecule has 0 atom stereocenters. The number of carbonyl (C=O) groups is 1. The monoisotopic (exact) mass is 225 g/mol. The fraction of sp³-hybridized carbons (Fsp3) is 0.300. The van der Waals surface area contributed by atoms with Gasteiger partial charge in [-0.1, -0.05) is 0 Å². The Morgan fingerprint density at radius 1 is 1.13 bits per heavy atom. The molecule has 80 valence electrons. The molecule has 1 saturated heterocycles. The molecule has 4 nitrogen and oxygen atoms in total. The van der Waals surface area contributed by atoms with Gasteiger partial charge in [0.25, 0.3) is 0 Å². The SMILES string of the molecule is CS(=O)(=O)c1ccc(N2CC(=O)C2)cc1. The molecular formula is C10H11NO3S. The Labute approximate surface area is 88.4 Å². The number of Topliss-reactive ketones (excluding diaryl/α,β-unsaturated/α-hetero) is 1. The summed E-state index contributed by atoms with van der Waals surface area (Å²) in [4.78, 5) is 13.0. The molecule has 2 rings (SSSR count). The summed E-state index contributed by atoms with van der Waals surface area (Å²) in [6, 6.07) is 6.58. The molecule has 0 unspecified atom stereocenters. The summed E-state index contributed by atoms with van der Waals surface area (Å²) in [6.07, 6.45) is 1.18. The first-order chi connectivity index (χ1) is 6.97. The van der Waals surface area contributed by atoms with Crippen LogP contribution < -0.4 is 4.90 Å². The van der Waals surface area contributed by atoms with Crippen molar-refractivity contribution in [1.82, 2.24) is 0 Å². The van der Waals surface area contributed by atoms with Crippen molar-refractivity contribution in [3.05, 3.63) is 24.3 Å². The minimum atomic E-state index is -3.13. The number of carbonyl (C=O) groups excluding carboxylic acids is 1. The molecule has 1 aromatic carbocycles. The first kappa shape index (κ1) is 10.2. The molecule has 1 aliphatic rings. The Morgan fingerprint density at radius 3 is 2.07 bits per heavy atom. The largest absolute Gasteiger partial charge is 0.357 e. The lowest BCUT2D eigenvalue weighted by Gasteiger charge is -2.31. The smallest absolute Gasteiger partial charge is 0.175 e. The van der Waals surface area contributed by atoms with Crippen molar-refractivity contribution in [2.75, 3.05) is 24.2 Å². The second kappa shape index (κ2) is 3.34. The molecule has 0 radical (unpaired) electrons. The lowest BCUT2D eigenvalue weighted by Crippen LogP contribution is -2.47. The lowest BCUT2D eigenvalue weighted by molar-refractivity contribution is -0.119. The van der Waals surface area contributed by atoms with Crippen LogP contribution >= 0.6 is 0 Å². The highest BCUT2D eigenvalue weighted by Gasteiger charge is 2.23. The number of nitrogens with zero attached hydrogens (tertiary/aromatic N) is 1. The third-order valence-electron chi connectivity index (χ3n) is 2.36. The van der Waals surface area contributed by atoms with Crippen molar-refractivity contribution in [1.29, 1.82) is 0 Å². The minimum Gasteiger partial charge on any atom is -0.357 e. The average molecular weight is 225 g/mol. The van der Waals surface area contributed by atoms with Crippen LogP contribution in [0.4, 0.5) is 5.69 Å². The molecule has 1 aromatic rings. The van der Waals surface area contributed by atoms with E-state index in [1.165, 1.54) is 6.26 Å². The fourth-order valence-corrected chi connectivity index (χ4v) is 2.10. The van der Waals surface area contributed by atoms with E-state index in [0.717, 1.165) is 5.69 Å². The third-order valence-corrected chi connectivity index (χ3v) is 3.49. The van der Waals surface area contributed by atoms with E-state index in [9.17, 15) is 13.2 Å². The van der Waals surface area contributed by atoms with Crippen molar-refractivity contribution < 1.29 is 13.2 Å². The maximum Gasteiger partial charge on any atom is 0.175 e. The maximum absolute atomic E-state index is 11.2. The van der Waals surface area contributed by atoms with Crippen LogP contribution in [-0.4, -0.2) is 33.5 Å². The lowest BCUT2D eigenvalue weighted by atomic mass is 10.1. The van der Waals surface area contributed by atoms with E-state index in [2.05, 4.69) is 0 Å². The molecule has 1 heterocycles. The van der Waals surface area contributed by atoms with Crippen LogP contribution in [0.15, 0.2) is 29.2 Å². The van der Waals surface area contributed by atoms with Crippen LogP contribution in [0, 0.1) is 0 Å². The van der Waals surface area contributed by atoms with Gasteiger partial charge in [0.1, 0.15) is 0 Å². The van der Waals surface area contributed by atoms with Crippen molar-refractivity contribution in [3.63, 3.8) is 0 Å². The molecule has 0 spiro atoms. The summed E-state index contributed by atoms with van der Waals surface area (Å²) >= 11 is 0. The standard InChI is InChI=1S/C10H11NO3S/c1-15(13,14)10-4-2-8(3-5-10)11-6-9(12)7-11/h2-5H,6-7H2,1H3. The van der Waals surface area contributed by atoms with Gasteiger partial charge >= 0.3 is 0 Å². The normalized spacial score (nSPS) is 16.3. The molecule has 0 bridgehead atoms. The van der Waals surface area contributed by atoms with E-state index in [0.29, 0.717) is 18.0 Å². The molecule has 15 heavy (non-hydrogen) atoms. The van der Waals surface area contributed by atoms with Crippen LogP contribution in [-0.2, 0) is 14.6 Å². The Morgan fingerprint density at radius 2 is 1.67 bits per heavy atom. The molecule has 1 aliphatic heterocycles. The van der Waals surface area contributed by atoms with Gasteiger partial charge in [-0.25, -0.2) is 8.42 Å². The van der Waals surface area contributed by atoms with Crippen molar-refractivity contribution in [2.24, 2.45) is 0 Å². The van der Waals surface area contributed by atoms with Gasteiger partial charge in [-0.2, -0.15) is 0 Å².